The first-order valence-electron chi connectivity index (χ1n) is 6.79. The second kappa shape index (κ2) is 7.79. The molecule has 0 aliphatic rings. The van der Waals surface area contributed by atoms with Gasteiger partial charge in [-0.05, 0) is 25.5 Å². The average molecular weight is 327 g/mol. The van der Waals surface area contributed by atoms with Gasteiger partial charge in [0.15, 0.2) is 0 Å². The summed E-state index contributed by atoms with van der Waals surface area (Å²) in [5.74, 6) is -1.85. The summed E-state index contributed by atoms with van der Waals surface area (Å²) in [6.45, 7) is 4.78. The molecule has 2 N–H and O–H groups in total. The first-order chi connectivity index (χ1) is 10.3. The number of carboxylic acids is 1. The molecule has 0 radical (unpaired) electrons. The van der Waals surface area contributed by atoms with Crippen molar-refractivity contribution in [2.24, 2.45) is 0 Å². The fourth-order valence-electron chi connectivity index (χ4n) is 1.92. The minimum absolute atomic E-state index is 0.0795. The molecule has 6 nitrogen and oxygen atoms in total. The number of aryl methyl sites for hydroxylation is 1. The lowest BCUT2D eigenvalue weighted by Gasteiger charge is -2.27. The Hall–Kier alpha value is -2.08. The van der Waals surface area contributed by atoms with Gasteiger partial charge in [-0.15, -0.1) is 0 Å². The normalized spacial score (nSPS) is 11.6. The van der Waals surface area contributed by atoms with Crippen molar-refractivity contribution in [1.29, 1.82) is 0 Å². The van der Waals surface area contributed by atoms with Crippen LogP contribution in [0.15, 0.2) is 18.2 Å². The van der Waals surface area contributed by atoms with Gasteiger partial charge in [0, 0.05) is 20.0 Å². The van der Waals surface area contributed by atoms with Gasteiger partial charge in [-0.1, -0.05) is 23.7 Å². The number of carbonyl (C=O) groups excluding carboxylic acids is 2. The van der Waals surface area contributed by atoms with E-state index in [1.165, 1.54) is 18.7 Å². The summed E-state index contributed by atoms with van der Waals surface area (Å²) in [4.78, 5) is 35.9. The lowest BCUT2D eigenvalue weighted by Crippen LogP contribution is -2.46. The molecule has 1 unspecified atom stereocenters. The van der Waals surface area contributed by atoms with Gasteiger partial charge in [0.05, 0.1) is 10.6 Å². The molecule has 0 fully saturated rings. The number of amides is 2. The Morgan fingerprint density at radius 2 is 2.00 bits per heavy atom. The van der Waals surface area contributed by atoms with E-state index < -0.39 is 17.9 Å². The topological polar surface area (TPSA) is 86.7 Å². The zero-order valence-electron chi connectivity index (χ0n) is 12.7. The molecular formula is C15H19ClN2O4. The quantitative estimate of drug-likeness (QED) is 0.833. The first kappa shape index (κ1) is 18.0. The number of nitrogens with one attached hydrogen (secondary N) is 1. The molecule has 2 amide bonds. The van der Waals surface area contributed by atoms with Crippen molar-refractivity contribution in [3.8, 4) is 0 Å². The summed E-state index contributed by atoms with van der Waals surface area (Å²) in [6.07, 6.45) is 0. The van der Waals surface area contributed by atoms with Gasteiger partial charge in [-0.2, -0.15) is 0 Å². The van der Waals surface area contributed by atoms with Crippen LogP contribution in [0.25, 0.3) is 0 Å². The van der Waals surface area contributed by atoms with Crippen LogP contribution in [-0.4, -0.2) is 46.9 Å². The predicted molar refractivity (Wildman–Crippen MR) is 83.0 cm³/mol. The lowest BCUT2D eigenvalue weighted by molar-refractivity contribution is -0.141. The molecule has 7 heteroatoms. The fraction of sp³-hybridized carbons (Fsp3) is 0.400. The van der Waals surface area contributed by atoms with Crippen LogP contribution in [0.4, 0.5) is 0 Å². The van der Waals surface area contributed by atoms with Gasteiger partial charge in [0.2, 0.25) is 5.91 Å². The zero-order valence-corrected chi connectivity index (χ0v) is 13.5. The molecule has 0 aliphatic carbocycles. The minimum Gasteiger partial charge on any atom is -0.480 e. The van der Waals surface area contributed by atoms with Crippen LogP contribution >= 0.6 is 11.6 Å². The number of nitrogens with zero attached hydrogens (tertiary/aromatic N) is 1. The van der Waals surface area contributed by atoms with E-state index in [4.69, 9.17) is 16.7 Å². The monoisotopic (exact) mass is 326 g/mol. The van der Waals surface area contributed by atoms with Crippen LogP contribution in [-0.2, 0) is 9.59 Å². The molecule has 0 saturated carbocycles. The van der Waals surface area contributed by atoms with Crippen molar-refractivity contribution in [2.75, 3.05) is 13.1 Å². The molecule has 0 saturated heterocycles. The average Bonchev–Trinajstić information content (AvgIpc) is 2.45. The van der Waals surface area contributed by atoms with E-state index >= 15 is 0 Å². The summed E-state index contributed by atoms with van der Waals surface area (Å²) >= 11 is 6.14. The number of aliphatic carboxylic acids is 1. The third-order valence-electron chi connectivity index (χ3n) is 3.23. The maximum absolute atomic E-state index is 12.6. The standard InChI is InChI=1S/C15H19ClN2O4/c1-9-5-4-6-12(13(9)16)14(20)18(10(2)15(21)22)8-7-17-11(3)19/h4-6,10H,7-8H2,1-3H3,(H,17,19)(H,21,22). The van der Waals surface area contributed by atoms with E-state index in [9.17, 15) is 14.4 Å². The molecule has 1 atom stereocenters. The number of carbonyl (C=O) groups is 3. The highest BCUT2D eigenvalue weighted by Crippen LogP contribution is 2.22. The summed E-state index contributed by atoms with van der Waals surface area (Å²) in [6, 6.07) is 3.98. The number of benzene rings is 1. The predicted octanol–water partition coefficient (Wildman–Crippen LogP) is 1.70. The van der Waals surface area contributed by atoms with Crippen LogP contribution in [0.2, 0.25) is 5.02 Å². The molecular weight excluding hydrogens is 308 g/mol. The molecule has 1 rings (SSSR count). The second-order valence-electron chi connectivity index (χ2n) is 4.93. The molecule has 1 aromatic rings. The van der Waals surface area contributed by atoms with Crippen molar-refractivity contribution in [1.82, 2.24) is 10.2 Å². The van der Waals surface area contributed by atoms with Crippen molar-refractivity contribution in [2.45, 2.75) is 26.8 Å². The number of hydrogen-bond acceptors (Lipinski definition) is 3. The van der Waals surface area contributed by atoms with Gasteiger partial charge in [0.1, 0.15) is 6.04 Å². The molecule has 0 bridgehead atoms. The van der Waals surface area contributed by atoms with Crippen molar-refractivity contribution in [3.05, 3.63) is 34.3 Å². The molecule has 0 aromatic heterocycles. The fourth-order valence-corrected chi connectivity index (χ4v) is 2.13. The van der Waals surface area contributed by atoms with E-state index in [1.54, 1.807) is 25.1 Å². The van der Waals surface area contributed by atoms with Gasteiger partial charge in [-0.3, -0.25) is 9.59 Å². The van der Waals surface area contributed by atoms with E-state index in [-0.39, 0.29) is 24.6 Å². The first-order valence-corrected chi connectivity index (χ1v) is 7.16. The lowest BCUT2D eigenvalue weighted by atomic mass is 10.1. The van der Waals surface area contributed by atoms with E-state index in [0.29, 0.717) is 5.02 Å². The van der Waals surface area contributed by atoms with Crippen molar-refractivity contribution >= 4 is 29.4 Å². The molecule has 0 heterocycles. The Labute approximate surface area is 134 Å². The highest BCUT2D eigenvalue weighted by Gasteiger charge is 2.27. The van der Waals surface area contributed by atoms with Gasteiger partial charge >= 0.3 is 5.97 Å². The minimum atomic E-state index is -1.13. The van der Waals surface area contributed by atoms with Gasteiger partial charge in [-0.25, -0.2) is 4.79 Å². The molecule has 0 aliphatic heterocycles. The third-order valence-corrected chi connectivity index (χ3v) is 3.74. The summed E-state index contributed by atoms with van der Waals surface area (Å²) in [5, 5.41) is 12.0. The van der Waals surface area contributed by atoms with Gasteiger partial charge in [0.25, 0.3) is 5.91 Å². The highest BCUT2D eigenvalue weighted by atomic mass is 35.5. The Morgan fingerprint density at radius 1 is 1.36 bits per heavy atom. The number of halogens is 1. The molecule has 120 valence electrons. The third kappa shape index (κ3) is 4.46. The zero-order chi connectivity index (χ0) is 16.9. The smallest absolute Gasteiger partial charge is 0.326 e. The van der Waals surface area contributed by atoms with Crippen LogP contribution in [0.3, 0.4) is 0 Å². The summed E-state index contributed by atoms with van der Waals surface area (Å²) in [7, 11) is 0. The summed E-state index contributed by atoms with van der Waals surface area (Å²) in [5.41, 5.74) is 0.981. The van der Waals surface area contributed by atoms with E-state index in [2.05, 4.69) is 5.32 Å². The Morgan fingerprint density at radius 3 is 2.55 bits per heavy atom. The maximum atomic E-state index is 12.6. The van der Waals surface area contributed by atoms with Crippen molar-refractivity contribution < 1.29 is 19.5 Å². The van der Waals surface area contributed by atoms with Crippen molar-refractivity contribution in [3.63, 3.8) is 0 Å². The number of carboxylic acid groups (broad SMARTS) is 1. The maximum Gasteiger partial charge on any atom is 0.326 e. The summed E-state index contributed by atoms with van der Waals surface area (Å²) < 4.78 is 0. The number of rotatable bonds is 6. The number of hydrogen-bond donors (Lipinski definition) is 2. The molecule has 1 aromatic carbocycles. The Balaban J connectivity index is 3.03. The highest BCUT2D eigenvalue weighted by molar-refractivity contribution is 6.34. The second-order valence-corrected chi connectivity index (χ2v) is 5.31. The molecule has 22 heavy (non-hydrogen) atoms. The van der Waals surface area contributed by atoms with Crippen LogP contribution < -0.4 is 5.32 Å². The van der Waals surface area contributed by atoms with E-state index in [0.717, 1.165) is 5.56 Å². The van der Waals surface area contributed by atoms with Crippen LogP contribution in [0.5, 0.6) is 0 Å². The van der Waals surface area contributed by atoms with Crippen LogP contribution in [0.1, 0.15) is 29.8 Å². The Bertz CT molecular complexity index is 589. The van der Waals surface area contributed by atoms with Crippen LogP contribution in [0, 0.1) is 6.92 Å². The SMILES string of the molecule is CC(=O)NCCN(C(=O)c1cccc(C)c1Cl)C(C)C(=O)O. The van der Waals surface area contributed by atoms with Gasteiger partial charge < -0.3 is 15.3 Å². The van der Waals surface area contributed by atoms with E-state index in [1.807, 2.05) is 0 Å². The Kier molecular flexibility index (Phi) is 6.37. The molecule has 0 spiro atoms. The largest absolute Gasteiger partial charge is 0.480 e.